The van der Waals surface area contributed by atoms with E-state index in [2.05, 4.69) is 10.3 Å². The molecular weight excluding hydrogens is 372 g/mol. The second kappa shape index (κ2) is 6.74. The third-order valence-electron chi connectivity index (χ3n) is 4.45. The van der Waals surface area contributed by atoms with Crippen molar-refractivity contribution < 1.29 is 9.59 Å². The Hall–Kier alpha value is -2.38. The third-order valence-corrected chi connectivity index (χ3v) is 5.54. The van der Waals surface area contributed by atoms with Gasteiger partial charge in [-0.05, 0) is 18.6 Å². The number of imidazole rings is 1. The molecule has 0 radical (unpaired) electrons. The molecule has 1 fully saturated rings. The predicted molar refractivity (Wildman–Crippen MR) is 102 cm³/mol. The predicted octanol–water partition coefficient (Wildman–Crippen LogP) is 3.07. The van der Waals surface area contributed by atoms with Crippen LogP contribution < -0.4 is 5.32 Å². The monoisotopic (exact) mass is 388 g/mol. The van der Waals surface area contributed by atoms with Crippen molar-refractivity contribution in [2.75, 3.05) is 13.1 Å². The molecule has 3 aromatic rings. The van der Waals surface area contributed by atoms with E-state index in [0.29, 0.717) is 23.8 Å². The van der Waals surface area contributed by atoms with Crippen LogP contribution in [0.5, 0.6) is 0 Å². The molecule has 1 aliphatic heterocycles. The van der Waals surface area contributed by atoms with Crippen LogP contribution in [0.4, 0.5) is 0 Å². The molecule has 3 heterocycles. The van der Waals surface area contributed by atoms with Gasteiger partial charge < -0.3 is 10.2 Å². The number of amides is 2. The van der Waals surface area contributed by atoms with Gasteiger partial charge in [0.15, 0.2) is 4.96 Å². The Labute approximate surface area is 159 Å². The van der Waals surface area contributed by atoms with Crippen molar-refractivity contribution in [2.45, 2.75) is 19.4 Å². The van der Waals surface area contributed by atoms with Crippen LogP contribution in [0.25, 0.3) is 16.2 Å². The Morgan fingerprint density at radius 3 is 2.81 bits per heavy atom. The molecule has 0 saturated carbocycles. The van der Waals surface area contributed by atoms with E-state index in [9.17, 15) is 9.59 Å². The lowest BCUT2D eigenvalue weighted by molar-refractivity contribution is -0.119. The maximum absolute atomic E-state index is 12.9. The van der Waals surface area contributed by atoms with Gasteiger partial charge in [-0.25, -0.2) is 4.98 Å². The Morgan fingerprint density at radius 1 is 1.31 bits per heavy atom. The van der Waals surface area contributed by atoms with Crippen LogP contribution in [0.2, 0.25) is 5.02 Å². The maximum Gasteiger partial charge on any atom is 0.271 e. The average molecular weight is 389 g/mol. The molecule has 2 aromatic heterocycles. The van der Waals surface area contributed by atoms with Crippen LogP contribution in [0, 0.1) is 0 Å². The smallest absolute Gasteiger partial charge is 0.271 e. The van der Waals surface area contributed by atoms with Gasteiger partial charge in [-0.2, -0.15) is 0 Å². The van der Waals surface area contributed by atoms with Gasteiger partial charge in [-0.1, -0.05) is 23.7 Å². The van der Waals surface area contributed by atoms with Crippen molar-refractivity contribution in [2.24, 2.45) is 0 Å². The molecule has 4 rings (SSSR count). The van der Waals surface area contributed by atoms with Gasteiger partial charge in [0.05, 0.1) is 5.69 Å². The largest absolute Gasteiger partial charge is 0.352 e. The molecule has 26 heavy (non-hydrogen) atoms. The minimum absolute atomic E-state index is 0.0259. The van der Waals surface area contributed by atoms with Crippen molar-refractivity contribution in [3.05, 3.63) is 46.6 Å². The Balaban J connectivity index is 1.58. The summed E-state index contributed by atoms with van der Waals surface area (Å²) in [6, 6.07) is 7.49. The Kier molecular flexibility index (Phi) is 4.42. The number of rotatable bonds is 3. The number of nitrogens with one attached hydrogen (secondary N) is 1. The summed E-state index contributed by atoms with van der Waals surface area (Å²) in [5.74, 6) is -0.103. The summed E-state index contributed by atoms with van der Waals surface area (Å²) in [5.41, 5.74) is 2.36. The van der Waals surface area contributed by atoms with Crippen LogP contribution in [0.1, 0.15) is 23.8 Å². The van der Waals surface area contributed by atoms with E-state index in [1.54, 1.807) is 4.90 Å². The fourth-order valence-electron chi connectivity index (χ4n) is 3.21. The maximum atomic E-state index is 12.9. The number of hydrogen-bond donors (Lipinski definition) is 1. The number of halogens is 1. The van der Waals surface area contributed by atoms with E-state index >= 15 is 0 Å². The van der Waals surface area contributed by atoms with E-state index < -0.39 is 0 Å². The molecule has 1 saturated heterocycles. The molecule has 0 spiro atoms. The quantitative estimate of drug-likeness (QED) is 0.749. The van der Waals surface area contributed by atoms with E-state index in [-0.39, 0.29) is 17.9 Å². The summed E-state index contributed by atoms with van der Waals surface area (Å²) in [5, 5.41) is 5.39. The molecule has 1 aliphatic rings. The van der Waals surface area contributed by atoms with Gasteiger partial charge in [0.1, 0.15) is 5.69 Å². The van der Waals surface area contributed by atoms with Crippen LogP contribution in [0.15, 0.2) is 35.8 Å². The highest BCUT2D eigenvalue weighted by Crippen LogP contribution is 2.26. The van der Waals surface area contributed by atoms with Gasteiger partial charge in [-0.15, -0.1) is 11.3 Å². The molecule has 1 aromatic carbocycles. The zero-order chi connectivity index (χ0) is 18.3. The highest BCUT2D eigenvalue weighted by Gasteiger charge is 2.29. The number of thiazole rings is 1. The third kappa shape index (κ3) is 3.20. The molecule has 6 nitrogen and oxygen atoms in total. The first-order chi connectivity index (χ1) is 12.5. The molecule has 2 amide bonds. The lowest BCUT2D eigenvalue weighted by Gasteiger charge is -2.16. The van der Waals surface area contributed by atoms with Crippen molar-refractivity contribution in [1.29, 1.82) is 0 Å². The fraction of sp³-hybridized carbons (Fsp3) is 0.278. The second-order valence-electron chi connectivity index (χ2n) is 6.34. The second-order valence-corrected chi connectivity index (χ2v) is 7.62. The van der Waals surface area contributed by atoms with Crippen molar-refractivity contribution in [3.8, 4) is 11.3 Å². The number of carbonyl (C=O) groups excluding carboxylic acids is 2. The summed E-state index contributed by atoms with van der Waals surface area (Å²) in [7, 11) is 0. The van der Waals surface area contributed by atoms with Gasteiger partial charge in [-0.3, -0.25) is 14.0 Å². The van der Waals surface area contributed by atoms with Gasteiger partial charge in [0, 0.05) is 48.2 Å². The van der Waals surface area contributed by atoms with E-state index in [4.69, 9.17) is 11.6 Å². The Bertz CT molecular complexity index is 979. The molecule has 1 atom stereocenters. The number of hydrogen-bond acceptors (Lipinski definition) is 4. The SMILES string of the molecule is CC(=O)N[C@@H]1CCN(C(=O)c2csc3nc(-c4ccc(Cl)cc4)cn23)C1. The minimum atomic E-state index is -0.0653. The molecule has 8 heteroatoms. The molecule has 134 valence electrons. The van der Waals surface area contributed by atoms with Crippen molar-refractivity contribution in [3.63, 3.8) is 0 Å². The normalized spacial score (nSPS) is 17.0. The van der Waals surface area contributed by atoms with Crippen LogP contribution in [-0.2, 0) is 4.79 Å². The van der Waals surface area contributed by atoms with E-state index in [0.717, 1.165) is 22.6 Å². The van der Waals surface area contributed by atoms with Gasteiger partial charge in [0.25, 0.3) is 5.91 Å². The number of fused-ring (bicyclic) bond motifs is 1. The molecule has 0 bridgehead atoms. The van der Waals surface area contributed by atoms with Gasteiger partial charge in [0.2, 0.25) is 5.91 Å². The number of benzene rings is 1. The molecular formula is C18H17ClN4O2S. The Morgan fingerprint density at radius 2 is 2.08 bits per heavy atom. The summed E-state index contributed by atoms with van der Waals surface area (Å²) in [6.07, 6.45) is 2.65. The lowest BCUT2D eigenvalue weighted by Crippen LogP contribution is -2.37. The topological polar surface area (TPSA) is 66.7 Å². The average Bonchev–Trinajstić information content (AvgIpc) is 3.29. The first kappa shape index (κ1) is 17.1. The number of carbonyl (C=O) groups is 2. The summed E-state index contributed by atoms with van der Waals surface area (Å²) in [4.78, 5) is 31.3. The van der Waals surface area contributed by atoms with Crippen LogP contribution >= 0.6 is 22.9 Å². The van der Waals surface area contributed by atoms with Crippen molar-refractivity contribution in [1.82, 2.24) is 19.6 Å². The zero-order valence-corrected chi connectivity index (χ0v) is 15.7. The first-order valence-corrected chi connectivity index (χ1v) is 9.56. The van der Waals surface area contributed by atoms with E-state index in [1.165, 1.54) is 18.3 Å². The standard InChI is InChI=1S/C18H17ClN4O2S/c1-11(24)20-14-6-7-22(8-14)17(25)16-10-26-18-21-15(9-23(16)18)12-2-4-13(19)5-3-12/h2-5,9-10,14H,6-8H2,1H3,(H,20,24)/t14-/m1/s1. The first-order valence-electron chi connectivity index (χ1n) is 8.30. The fourth-order valence-corrected chi connectivity index (χ4v) is 4.18. The summed E-state index contributed by atoms with van der Waals surface area (Å²) >= 11 is 7.38. The number of likely N-dealkylation sites (tertiary alicyclic amines) is 1. The minimum Gasteiger partial charge on any atom is -0.352 e. The number of nitrogens with zero attached hydrogens (tertiary/aromatic N) is 3. The summed E-state index contributed by atoms with van der Waals surface area (Å²) < 4.78 is 1.84. The summed E-state index contributed by atoms with van der Waals surface area (Å²) in [6.45, 7) is 2.67. The zero-order valence-electron chi connectivity index (χ0n) is 14.1. The number of aromatic nitrogens is 2. The van der Waals surface area contributed by atoms with Gasteiger partial charge >= 0.3 is 0 Å². The highest BCUT2D eigenvalue weighted by molar-refractivity contribution is 7.15. The molecule has 0 aliphatic carbocycles. The van der Waals surface area contributed by atoms with Crippen molar-refractivity contribution >= 4 is 39.7 Å². The van der Waals surface area contributed by atoms with Crippen LogP contribution in [-0.4, -0.2) is 45.2 Å². The van der Waals surface area contributed by atoms with E-state index in [1.807, 2.05) is 40.2 Å². The lowest BCUT2D eigenvalue weighted by atomic mass is 10.2. The van der Waals surface area contributed by atoms with Crippen LogP contribution in [0.3, 0.4) is 0 Å². The highest BCUT2D eigenvalue weighted by atomic mass is 35.5. The molecule has 1 N–H and O–H groups in total. The molecule has 0 unspecified atom stereocenters.